The Labute approximate surface area is 145 Å². The van der Waals surface area contributed by atoms with Crippen LogP contribution < -0.4 is 4.90 Å². The van der Waals surface area contributed by atoms with Crippen LogP contribution in [0.2, 0.25) is 0 Å². The van der Waals surface area contributed by atoms with E-state index in [1.165, 1.54) is 17.7 Å². The van der Waals surface area contributed by atoms with Crippen molar-refractivity contribution in [1.82, 2.24) is 9.78 Å². The van der Waals surface area contributed by atoms with Gasteiger partial charge in [-0.15, -0.1) is 0 Å². The second-order valence-electron chi connectivity index (χ2n) is 6.08. The Morgan fingerprint density at radius 1 is 1.16 bits per heavy atom. The topological polar surface area (TPSA) is 38.1 Å². The summed E-state index contributed by atoms with van der Waals surface area (Å²) >= 11 is 0. The molecule has 0 unspecified atom stereocenters. The maximum Gasteiger partial charge on any atom is 0.261 e. The average Bonchev–Trinajstić information content (AvgIpc) is 3.26. The first-order valence-electron chi connectivity index (χ1n) is 8.41. The van der Waals surface area contributed by atoms with Crippen LogP contribution in [0.25, 0.3) is 5.69 Å². The number of amides is 1. The summed E-state index contributed by atoms with van der Waals surface area (Å²) in [4.78, 5) is 14.9. The molecule has 0 radical (unpaired) electrons. The lowest BCUT2D eigenvalue weighted by atomic mass is 10.1. The molecule has 126 valence electrons. The molecule has 0 fully saturated rings. The van der Waals surface area contributed by atoms with Gasteiger partial charge in [-0.05, 0) is 48.7 Å². The lowest BCUT2D eigenvalue weighted by Gasteiger charge is -2.17. The van der Waals surface area contributed by atoms with Gasteiger partial charge in [0.05, 0.1) is 23.1 Å². The van der Waals surface area contributed by atoms with Crippen molar-refractivity contribution < 1.29 is 9.18 Å². The second kappa shape index (κ2) is 6.16. The molecule has 25 heavy (non-hydrogen) atoms. The van der Waals surface area contributed by atoms with Crippen molar-refractivity contribution in [2.75, 3.05) is 11.4 Å². The molecule has 0 atom stereocenters. The zero-order valence-electron chi connectivity index (χ0n) is 13.9. The Hall–Kier alpha value is -2.95. The number of carbonyl (C=O) groups is 1. The highest BCUT2D eigenvalue weighted by molar-refractivity contribution is 6.08. The minimum absolute atomic E-state index is 0.0323. The minimum Gasteiger partial charge on any atom is -0.308 e. The Balaban J connectivity index is 1.72. The summed E-state index contributed by atoms with van der Waals surface area (Å²) in [6, 6.07) is 14.1. The molecule has 1 amide bonds. The molecule has 0 aliphatic carbocycles. The molecule has 0 N–H and O–H groups in total. The van der Waals surface area contributed by atoms with Crippen molar-refractivity contribution in [3.05, 3.63) is 77.4 Å². The Morgan fingerprint density at radius 3 is 2.68 bits per heavy atom. The molecule has 1 aliphatic rings. The second-order valence-corrected chi connectivity index (χ2v) is 6.08. The van der Waals surface area contributed by atoms with Gasteiger partial charge in [0.1, 0.15) is 5.82 Å². The van der Waals surface area contributed by atoms with E-state index in [4.69, 9.17) is 0 Å². The van der Waals surface area contributed by atoms with E-state index in [0.717, 1.165) is 23.5 Å². The Kier molecular flexibility index (Phi) is 3.84. The maximum atomic E-state index is 13.2. The van der Waals surface area contributed by atoms with E-state index in [1.54, 1.807) is 23.0 Å². The molecule has 2 aromatic carbocycles. The molecule has 1 aromatic heterocycles. The summed E-state index contributed by atoms with van der Waals surface area (Å²) in [6.45, 7) is 2.68. The third-order valence-electron chi connectivity index (χ3n) is 4.64. The summed E-state index contributed by atoms with van der Waals surface area (Å²) in [7, 11) is 0. The zero-order chi connectivity index (χ0) is 17.4. The third-order valence-corrected chi connectivity index (χ3v) is 4.64. The molecule has 4 rings (SSSR count). The van der Waals surface area contributed by atoms with Crippen molar-refractivity contribution in [3.8, 4) is 5.69 Å². The number of anilines is 1. The number of fused-ring (bicyclic) bond motifs is 1. The third kappa shape index (κ3) is 2.61. The molecule has 3 aromatic rings. The number of hydrogen-bond donors (Lipinski definition) is 0. The molecular weight excluding hydrogens is 317 g/mol. The minimum atomic E-state index is -0.293. The molecule has 0 bridgehead atoms. The van der Waals surface area contributed by atoms with E-state index >= 15 is 0 Å². The van der Waals surface area contributed by atoms with Gasteiger partial charge in [-0.1, -0.05) is 25.1 Å². The SMILES string of the molecule is CCc1c(C(=O)N2CCc3ccccc32)cnn1-c1ccc(F)cc1. The van der Waals surface area contributed by atoms with Gasteiger partial charge in [-0.25, -0.2) is 9.07 Å². The highest BCUT2D eigenvalue weighted by Gasteiger charge is 2.28. The molecule has 5 heteroatoms. The van der Waals surface area contributed by atoms with Crippen molar-refractivity contribution in [3.63, 3.8) is 0 Å². The van der Waals surface area contributed by atoms with Gasteiger partial charge in [0.15, 0.2) is 0 Å². The van der Waals surface area contributed by atoms with Crippen molar-refractivity contribution in [2.45, 2.75) is 19.8 Å². The van der Waals surface area contributed by atoms with E-state index < -0.39 is 0 Å². The van der Waals surface area contributed by atoms with Crippen LogP contribution in [-0.2, 0) is 12.8 Å². The monoisotopic (exact) mass is 335 g/mol. The Morgan fingerprint density at radius 2 is 1.92 bits per heavy atom. The van der Waals surface area contributed by atoms with Gasteiger partial charge in [0.2, 0.25) is 0 Å². The van der Waals surface area contributed by atoms with E-state index in [0.29, 0.717) is 18.5 Å². The summed E-state index contributed by atoms with van der Waals surface area (Å²) in [5.41, 5.74) is 4.35. The van der Waals surface area contributed by atoms with E-state index in [1.807, 2.05) is 30.0 Å². The molecule has 1 aliphatic heterocycles. The smallest absolute Gasteiger partial charge is 0.261 e. The summed E-state index contributed by atoms with van der Waals surface area (Å²) < 4.78 is 14.9. The fourth-order valence-electron chi connectivity index (χ4n) is 3.39. The van der Waals surface area contributed by atoms with Crippen LogP contribution in [0.5, 0.6) is 0 Å². The number of rotatable bonds is 3. The molecule has 0 saturated heterocycles. The molecular formula is C20H18FN3O. The first-order valence-corrected chi connectivity index (χ1v) is 8.41. The van der Waals surface area contributed by atoms with Gasteiger partial charge in [-0.2, -0.15) is 5.10 Å². The number of halogens is 1. The van der Waals surface area contributed by atoms with Crippen molar-refractivity contribution in [2.24, 2.45) is 0 Å². The van der Waals surface area contributed by atoms with Gasteiger partial charge < -0.3 is 4.90 Å². The van der Waals surface area contributed by atoms with Gasteiger partial charge in [0, 0.05) is 12.2 Å². The normalized spacial score (nSPS) is 13.1. The van der Waals surface area contributed by atoms with Crippen molar-refractivity contribution >= 4 is 11.6 Å². The lowest BCUT2D eigenvalue weighted by Crippen LogP contribution is -2.29. The lowest BCUT2D eigenvalue weighted by molar-refractivity contribution is 0.0988. The fourth-order valence-corrected chi connectivity index (χ4v) is 3.39. The summed E-state index contributed by atoms with van der Waals surface area (Å²) in [5, 5.41) is 4.38. The number of para-hydroxylation sites is 1. The standard InChI is InChI=1S/C20H18FN3O/c1-2-18-17(13-22-24(18)16-9-7-15(21)8-10-16)20(25)23-12-11-14-5-3-4-6-19(14)23/h3-10,13H,2,11-12H2,1H3. The van der Waals surface area contributed by atoms with Crippen molar-refractivity contribution in [1.29, 1.82) is 0 Å². The summed E-state index contributed by atoms with van der Waals surface area (Å²) in [6.07, 6.45) is 3.15. The van der Waals surface area contributed by atoms with Crippen LogP contribution in [-0.4, -0.2) is 22.2 Å². The highest BCUT2D eigenvalue weighted by atomic mass is 19.1. The quantitative estimate of drug-likeness (QED) is 0.731. The molecule has 4 nitrogen and oxygen atoms in total. The predicted octanol–water partition coefficient (Wildman–Crippen LogP) is 3.78. The number of nitrogens with zero attached hydrogens (tertiary/aromatic N) is 3. The van der Waals surface area contributed by atoms with Gasteiger partial charge >= 0.3 is 0 Å². The number of hydrogen-bond acceptors (Lipinski definition) is 2. The zero-order valence-corrected chi connectivity index (χ0v) is 13.9. The first-order chi connectivity index (χ1) is 12.2. The fraction of sp³-hybridized carbons (Fsp3) is 0.200. The van der Waals surface area contributed by atoms with Crippen LogP contribution in [0.1, 0.15) is 28.5 Å². The summed E-state index contributed by atoms with van der Waals surface area (Å²) in [5.74, 6) is -0.325. The van der Waals surface area contributed by atoms with Crippen LogP contribution in [0.15, 0.2) is 54.7 Å². The van der Waals surface area contributed by atoms with Crippen LogP contribution >= 0.6 is 0 Å². The van der Waals surface area contributed by atoms with E-state index in [9.17, 15) is 9.18 Å². The average molecular weight is 335 g/mol. The molecule has 2 heterocycles. The predicted molar refractivity (Wildman–Crippen MR) is 94.7 cm³/mol. The number of aromatic nitrogens is 2. The van der Waals surface area contributed by atoms with Gasteiger partial charge in [0.25, 0.3) is 5.91 Å². The maximum absolute atomic E-state index is 13.2. The highest BCUT2D eigenvalue weighted by Crippen LogP contribution is 2.30. The first kappa shape index (κ1) is 15.6. The Bertz CT molecular complexity index is 930. The van der Waals surface area contributed by atoms with Gasteiger partial charge in [-0.3, -0.25) is 4.79 Å². The largest absolute Gasteiger partial charge is 0.308 e. The van der Waals surface area contributed by atoms with E-state index in [-0.39, 0.29) is 11.7 Å². The molecule has 0 spiro atoms. The van der Waals surface area contributed by atoms with Crippen LogP contribution in [0.4, 0.5) is 10.1 Å². The van der Waals surface area contributed by atoms with E-state index in [2.05, 4.69) is 11.2 Å². The van der Waals surface area contributed by atoms with Crippen LogP contribution in [0, 0.1) is 5.82 Å². The molecule has 0 saturated carbocycles. The number of carbonyl (C=O) groups excluding carboxylic acids is 1. The van der Waals surface area contributed by atoms with Crippen LogP contribution in [0.3, 0.4) is 0 Å². The number of benzene rings is 2.